The van der Waals surface area contributed by atoms with E-state index < -0.39 is 18.0 Å². The summed E-state index contributed by atoms with van der Waals surface area (Å²) < 4.78 is 33.5. The van der Waals surface area contributed by atoms with Gasteiger partial charge in [-0.3, -0.25) is 4.90 Å². The summed E-state index contributed by atoms with van der Waals surface area (Å²) in [5.74, 6) is -0.535. The molecule has 0 aliphatic carbocycles. The van der Waals surface area contributed by atoms with E-state index in [1.54, 1.807) is 12.0 Å². The normalized spacial score (nSPS) is 23.3. The van der Waals surface area contributed by atoms with Crippen molar-refractivity contribution in [2.75, 3.05) is 58.3 Å². The van der Waals surface area contributed by atoms with E-state index in [0.717, 1.165) is 16.8 Å². The number of methoxy groups -OCH3 is 1. The molecule has 2 fully saturated rings. The molecule has 0 radical (unpaired) electrons. The highest BCUT2D eigenvalue weighted by atomic mass is 19.1. The van der Waals surface area contributed by atoms with Gasteiger partial charge in [-0.25, -0.2) is 9.78 Å². The smallest absolute Gasteiger partial charge is 0.410 e. The molecule has 5 rings (SSSR count). The topological polar surface area (TPSA) is 103 Å². The predicted octanol–water partition coefficient (Wildman–Crippen LogP) is 2.32. The lowest BCUT2D eigenvalue weighted by Crippen LogP contribution is -2.55. The highest BCUT2D eigenvalue weighted by molar-refractivity contribution is 5.69. The number of carbonyl (C=O) groups is 1. The van der Waals surface area contributed by atoms with Crippen LogP contribution in [0.1, 0.15) is 23.2 Å². The number of fused-ring (bicyclic) bond motifs is 1. The van der Waals surface area contributed by atoms with E-state index in [1.807, 2.05) is 42.3 Å². The number of anilines is 1. The standard InChI is InChI=1S/C28H35FN6O4/c1-33-16-23(37-2)24(17-33)39-27-25(29)26(21-9-11-31-14-22(21)32-27)34-12-13-35(20(15-34)8-10-30)28(36)38-18-19-6-4-3-5-7-19/h3-7,20,23-24,31H,8-9,11-18H2,1-2H3/t20-,23+,24+/m0/s1. The van der Waals surface area contributed by atoms with Crippen LogP contribution >= 0.6 is 0 Å². The Morgan fingerprint density at radius 3 is 2.77 bits per heavy atom. The molecule has 11 heteroatoms. The fraction of sp³-hybridized carbons (Fsp3) is 0.536. The lowest BCUT2D eigenvalue weighted by atomic mass is 10.0. The zero-order chi connectivity index (χ0) is 27.4. The van der Waals surface area contributed by atoms with Gasteiger partial charge in [0.1, 0.15) is 18.8 Å². The van der Waals surface area contributed by atoms with Gasteiger partial charge in [0.15, 0.2) is 0 Å². The molecular weight excluding hydrogens is 503 g/mol. The fourth-order valence-electron chi connectivity index (χ4n) is 5.63. The summed E-state index contributed by atoms with van der Waals surface area (Å²) in [4.78, 5) is 23.2. The van der Waals surface area contributed by atoms with Gasteiger partial charge < -0.3 is 29.3 Å². The summed E-state index contributed by atoms with van der Waals surface area (Å²) in [7, 11) is 3.60. The number of hydrogen-bond acceptors (Lipinski definition) is 9. The number of likely N-dealkylation sites (N-methyl/N-ethyl adjacent to an activating group) is 1. The Hall–Kier alpha value is -3.46. The first kappa shape index (κ1) is 27.1. The van der Waals surface area contributed by atoms with Gasteiger partial charge in [0.25, 0.3) is 5.88 Å². The van der Waals surface area contributed by atoms with Crippen molar-refractivity contribution in [3.05, 3.63) is 53.0 Å². The molecule has 0 bridgehead atoms. The Morgan fingerprint density at radius 1 is 1.21 bits per heavy atom. The number of rotatable bonds is 7. The molecule has 208 valence electrons. The zero-order valence-corrected chi connectivity index (χ0v) is 22.4. The average Bonchev–Trinajstić information content (AvgIpc) is 3.31. The molecule has 3 aliphatic rings. The van der Waals surface area contributed by atoms with Gasteiger partial charge in [-0.2, -0.15) is 9.65 Å². The molecule has 4 heterocycles. The first-order chi connectivity index (χ1) is 19.0. The van der Waals surface area contributed by atoms with Crippen molar-refractivity contribution in [2.45, 2.75) is 44.2 Å². The Bertz CT molecular complexity index is 1210. The van der Waals surface area contributed by atoms with E-state index >= 15 is 4.39 Å². The number of hydrogen-bond donors (Lipinski definition) is 1. The van der Waals surface area contributed by atoms with Crippen molar-refractivity contribution in [1.29, 1.82) is 5.26 Å². The number of benzene rings is 1. The molecule has 39 heavy (non-hydrogen) atoms. The van der Waals surface area contributed by atoms with Crippen LogP contribution in [-0.4, -0.2) is 92.6 Å². The summed E-state index contributed by atoms with van der Waals surface area (Å²) in [6.07, 6.45) is -0.253. The number of halogens is 1. The number of nitrogens with one attached hydrogen (secondary N) is 1. The van der Waals surface area contributed by atoms with Crippen LogP contribution in [0.2, 0.25) is 0 Å². The molecule has 2 saturated heterocycles. The summed E-state index contributed by atoms with van der Waals surface area (Å²) in [5, 5.41) is 12.8. The first-order valence-electron chi connectivity index (χ1n) is 13.4. The molecule has 0 saturated carbocycles. The molecule has 0 spiro atoms. The number of amides is 1. The second-order valence-corrected chi connectivity index (χ2v) is 10.3. The van der Waals surface area contributed by atoms with Crippen molar-refractivity contribution in [3.63, 3.8) is 0 Å². The van der Waals surface area contributed by atoms with Gasteiger partial charge in [0.2, 0.25) is 5.82 Å². The average molecular weight is 539 g/mol. The minimum Gasteiger partial charge on any atom is -0.468 e. The summed E-state index contributed by atoms with van der Waals surface area (Å²) in [5.41, 5.74) is 2.95. The summed E-state index contributed by atoms with van der Waals surface area (Å²) in [6, 6.07) is 11.2. The number of nitrogens with zero attached hydrogens (tertiary/aromatic N) is 5. The number of carbonyl (C=O) groups excluding carboxylic acids is 1. The van der Waals surface area contributed by atoms with Crippen LogP contribution in [0.3, 0.4) is 0 Å². The third-order valence-corrected chi connectivity index (χ3v) is 7.64. The monoisotopic (exact) mass is 538 g/mol. The molecular formula is C28H35FN6O4. The van der Waals surface area contributed by atoms with Crippen LogP contribution in [0.5, 0.6) is 5.88 Å². The SMILES string of the molecule is CO[C@@H]1CN(C)C[C@H]1Oc1nc2c(c(N3CCN(C(=O)OCc4ccccc4)[C@@H](CC#N)C3)c1F)CCNC2. The van der Waals surface area contributed by atoms with E-state index in [2.05, 4.69) is 21.3 Å². The molecule has 1 aromatic heterocycles. The van der Waals surface area contributed by atoms with E-state index in [0.29, 0.717) is 57.9 Å². The van der Waals surface area contributed by atoms with E-state index in [9.17, 15) is 10.1 Å². The number of likely N-dealkylation sites (tertiary alicyclic amines) is 1. The zero-order valence-electron chi connectivity index (χ0n) is 22.4. The summed E-state index contributed by atoms with van der Waals surface area (Å²) in [6.45, 7) is 3.70. The van der Waals surface area contributed by atoms with Crippen molar-refractivity contribution in [3.8, 4) is 11.9 Å². The number of aromatic nitrogens is 1. The van der Waals surface area contributed by atoms with Crippen LogP contribution in [0, 0.1) is 17.1 Å². The van der Waals surface area contributed by atoms with Gasteiger partial charge in [-0.15, -0.1) is 0 Å². The summed E-state index contributed by atoms with van der Waals surface area (Å²) >= 11 is 0. The quantitative estimate of drug-likeness (QED) is 0.569. The third kappa shape index (κ3) is 5.93. The molecule has 3 atom stereocenters. The lowest BCUT2D eigenvalue weighted by molar-refractivity contribution is 0.0301. The Kier molecular flexibility index (Phi) is 8.45. The van der Waals surface area contributed by atoms with Crippen LogP contribution < -0.4 is 15.0 Å². The molecule has 1 N–H and O–H groups in total. The maximum absolute atomic E-state index is 16.2. The fourth-order valence-corrected chi connectivity index (χ4v) is 5.63. The number of piperazine rings is 1. The van der Waals surface area contributed by atoms with E-state index in [4.69, 9.17) is 14.2 Å². The minimum absolute atomic E-state index is 0.0312. The molecule has 1 amide bonds. The molecule has 1 aromatic carbocycles. The largest absolute Gasteiger partial charge is 0.468 e. The van der Waals surface area contributed by atoms with Crippen LogP contribution in [-0.2, 0) is 29.0 Å². The highest BCUT2D eigenvalue weighted by Gasteiger charge is 2.38. The van der Waals surface area contributed by atoms with Gasteiger partial charge in [0, 0.05) is 51.9 Å². The van der Waals surface area contributed by atoms with E-state index in [-0.39, 0.29) is 31.1 Å². The Labute approximate surface area is 228 Å². The maximum Gasteiger partial charge on any atom is 0.410 e. The van der Waals surface area contributed by atoms with Crippen LogP contribution in [0.25, 0.3) is 0 Å². The molecule has 0 unspecified atom stereocenters. The van der Waals surface area contributed by atoms with E-state index in [1.165, 1.54) is 0 Å². The lowest BCUT2D eigenvalue weighted by Gasteiger charge is -2.42. The number of nitriles is 1. The second-order valence-electron chi connectivity index (χ2n) is 10.3. The number of pyridine rings is 1. The maximum atomic E-state index is 16.2. The second kappa shape index (κ2) is 12.2. The van der Waals surface area contributed by atoms with Gasteiger partial charge in [-0.1, -0.05) is 30.3 Å². The first-order valence-corrected chi connectivity index (χ1v) is 13.4. The van der Waals surface area contributed by atoms with Crippen molar-refractivity contribution < 1.29 is 23.4 Å². The number of ether oxygens (including phenoxy) is 3. The van der Waals surface area contributed by atoms with Gasteiger partial charge in [-0.05, 0) is 25.6 Å². The van der Waals surface area contributed by atoms with Crippen LogP contribution in [0.4, 0.5) is 14.9 Å². The highest BCUT2D eigenvalue weighted by Crippen LogP contribution is 2.36. The molecule has 3 aliphatic heterocycles. The Balaban J connectivity index is 1.37. The third-order valence-electron chi connectivity index (χ3n) is 7.64. The van der Waals surface area contributed by atoms with Crippen molar-refractivity contribution in [2.24, 2.45) is 0 Å². The molecule has 10 nitrogen and oxygen atoms in total. The minimum atomic E-state index is -0.504. The van der Waals surface area contributed by atoms with Gasteiger partial charge in [0.05, 0.1) is 29.9 Å². The Morgan fingerprint density at radius 2 is 2.00 bits per heavy atom. The van der Waals surface area contributed by atoms with Crippen LogP contribution in [0.15, 0.2) is 30.3 Å². The van der Waals surface area contributed by atoms with Crippen molar-refractivity contribution >= 4 is 11.8 Å². The molecule has 2 aromatic rings. The predicted molar refractivity (Wildman–Crippen MR) is 142 cm³/mol. The van der Waals surface area contributed by atoms with Crippen molar-refractivity contribution in [1.82, 2.24) is 20.1 Å². The van der Waals surface area contributed by atoms with Gasteiger partial charge >= 0.3 is 6.09 Å².